The molecule has 3 heterocycles. The number of H-pyrrole nitrogens is 1. The minimum Gasteiger partial charge on any atom is -0.368 e. The number of aromatic nitrogens is 2. The average Bonchev–Trinajstić information content (AvgIpc) is 3.36. The number of rotatable bonds is 8. The number of nitrogens with one attached hydrogen (secondary N) is 2. The summed E-state index contributed by atoms with van der Waals surface area (Å²) in [6.07, 6.45) is 1.75. The highest BCUT2D eigenvalue weighted by atomic mass is 32.2. The summed E-state index contributed by atoms with van der Waals surface area (Å²) in [5.74, 6) is 0.593. The standard InChI is InChI=1S/C24H29N5O3S2/c1-13-14(2)34-24-20(13)23(32)27-19(28-24)12-33-15(3)22(31)26-17-7-4-6-16(10-17)11-29-9-5-8-18(29)21(25)30/h4,6-7,10,15,18H,5,8-9,11-12H2,1-3H3,(H2,25,30)(H,26,31)(H,27,28,32). The molecule has 3 aromatic rings. The molecule has 0 saturated carbocycles. The van der Waals surface area contributed by atoms with Crippen LogP contribution < -0.4 is 16.6 Å². The zero-order chi connectivity index (χ0) is 24.4. The van der Waals surface area contributed by atoms with Crippen molar-refractivity contribution in [1.29, 1.82) is 0 Å². The van der Waals surface area contributed by atoms with E-state index in [1.807, 2.05) is 45.0 Å². The zero-order valence-corrected chi connectivity index (χ0v) is 21.1. The van der Waals surface area contributed by atoms with Crippen LogP contribution in [0.1, 0.15) is 41.6 Å². The van der Waals surface area contributed by atoms with Crippen LogP contribution in [0.25, 0.3) is 10.2 Å². The molecule has 1 saturated heterocycles. The molecule has 1 aromatic carbocycles. The molecule has 0 radical (unpaired) electrons. The Balaban J connectivity index is 1.36. The summed E-state index contributed by atoms with van der Waals surface area (Å²) in [4.78, 5) is 48.2. The molecule has 4 rings (SSSR count). The minimum absolute atomic E-state index is 0.121. The van der Waals surface area contributed by atoms with Crippen molar-refractivity contribution in [1.82, 2.24) is 14.9 Å². The van der Waals surface area contributed by atoms with Crippen LogP contribution >= 0.6 is 23.1 Å². The summed E-state index contributed by atoms with van der Waals surface area (Å²) in [7, 11) is 0. The van der Waals surface area contributed by atoms with E-state index < -0.39 is 0 Å². The zero-order valence-electron chi connectivity index (χ0n) is 19.5. The van der Waals surface area contributed by atoms with E-state index in [9.17, 15) is 14.4 Å². The van der Waals surface area contributed by atoms with Gasteiger partial charge in [-0.3, -0.25) is 19.3 Å². The fourth-order valence-electron chi connectivity index (χ4n) is 4.21. The van der Waals surface area contributed by atoms with Gasteiger partial charge in [0.25, 0.3) is 5.56 Å². The Labute approximate surface area is 206 Å². The summed E-state index contributed by atoms with van der Waals surface area (Å²) in [6, 6.07) is 7.43. The van der Waals surface area contributed by atoms with Crippen molar-refractivity contribution < 1.29 is 9.59 Å². The van der Waals surface area contributed by atoms with Crippen molar-refractivity contribution in [3.05, 3.63) is 56.4 Å². The van der Waals surface area contributed by atoms with Gasteiger partial charge in [-0.1, -0.05) is 12.1 Å². The quantitative estimate of drug-likeness (QED) is 0.437. The number of nitrogens with zero attached hydrogens (tertiary/aromatic N) is 2. The average molecular weight is 500 g/mol. The number of likely N-dealkylation sites (tertiary alicyclic amines) is 1. The van der Waals surface area contributed by atoms with E-state index in [4.69, 9.17) is 5.73 Å². The number of nitrogens with two attached hydrogens (primary N) is 1. The SMILES string of the molecule is Cc1sc2nc(CSC(C)C(=O)Nc3cccc(CN4CCCC4C(N)=O)c3)[nH]c(=O)c2c1C. The van der Waals surface area contributed by atoms with Crippen LogP contribution in [0.3, 0.4) is 0 Å². The lowest BCUT2D eigenvalue weighted by Crippen LogP contribution is -2.39. The van der Waals surface area contributed by atoms with Crippen LogP contribution in [0, 0.1) is 13.8 Å². The normalized spacial score (nSPS) is 17.2. The van der Waals surface area contributed by atoms with E-state index in [1.165, 1.54) is 23.1 Å². The van der Waals surface area contributed by atoms with Gasteiger partial charge in [0.05, 0.1) is 22.4 Å². The smallest absolute Gasteiger partial charge is 0.259 e. The summed E-state index contributed by atoms with van der Waals surface area (Å²) < 4.78 is 0. The van der Waals surface area contributed by atoms with Gasteiger partial charge in [0, 0.05) is 17.1 Å². The number of hydrogen-bond acceptors (Lipinski definition) is 7. The third-order valence-electron chi connectivity index (χ3n) is 6.20. The van der Waals surface area contributed by atoms with Gasteiger partial charge in [-0.05, 0) is 63.4 Å². The lowest BCUT2D eigenvalue weighted by Gasteiger charge is -2.22. The summed E-state index contributed by atoms with van der Waals surface area (Å²) in [5, 5.41) is 3.28. The second kappa shape index (κ2) is 10.3. The fraction of sp³-hybridized carbons (Fsp3) is 0.417. The van der Waals surface area contributed by atoms with Crippen molar-refractivity contribution >= 4 is 50.8 Å². The van der Waals surface area contributed by atoms with Crippen molar-refractivity contribution in [2.24, 2.45) is 5.73 Å². The first kappa shape index (κ1) is 24.4. The van der Waals surface area contributed by atoms with E-state index in [0.717, 1.165) is 40.2 Å². The molecule has 0 spiro atoms. The number of thioether (sulfide) groups is 1. The first-order valence-corrected chi connectivity index (χ1v) is 13.1. The number of amides is 2. The number of aromatic amines is 1. The number of carbonyl (C=O) groups excluding carboxylic acids is 2. The van der Waals surface area contributed by atoms with Gasteiger partial charge in [-0.2, -0.15) is 0 Å². The van der Waals surface area contributed by atoms with Gasteiger partial charge in [-0.15, -0.1) is 23.1 Å². The molecule has 1 fully saturated rings. The highest BCUT2D eigenvalue weighted by molar-refractivity contribution is 7.99. The molecule has 1 aliphatic rings. The lowest BCUT2D eigenvalue weighted by molar-refractivity contribution is -0.122. The first-order chi connectivity index (χ1) is 16.2. The van der Waals surface area contributed by atoms with E-state index in [2.05, 4.69) is 20.2 Å². The Bertz CT molecular complexity index is 1290. The number of fused-ring (bicyclic) bond motifs is 1. The molecule has 2 aromatic heterocycles. The van der Waals surface area contributed by atoms with E-state index >= 15 is 0 Å². The number of aryl methyl sites for hydroxylation is 2. The van der Waals surface area contributed by atoms with Crippen molar-refractivity contribution in [3.8, 4) is 0 Å². The van der Waals surface area contributed by atoms with Crippen LogP contribution in [0.2, 0.25) is 0 Å². The molecule has 1 aliphatic heterocycles. The minimum atomic E-state index is -0.339. The second-order valence-corrected chi connectivity index (χ2v) is 11.2. The fourth-order valence-corrected chi connectivity index (χ4v) is 6.01. The predicted molar refractivity (Wildman–Crippen MR) is 138 cm³/mol. The third-order valence-corrected chi connectivity index (χ3v) is 8.45. The first-order valence-electron chi connectivity index (χ1n) is 11.3. The van der Waals surface area contributed by atoms with Crippen LogP contribution in [0.5, 0.6) is 0 Å². The lowest BCUT2D eigenvalue weighted by atomic mass is 10.1. The molecule has 4 N–H and O–H groups in total. The van der Waals surface area contributed by atoms with Crippen LogP contribution in [-0.2, 0) is 21.9 Å². The van der Waals surface area contributed by atoms with Crippen LogP contribution in [0.15, 0.2) is 29.1 Å². The van der Waals surface area contributed by atoms with Gasteiger partial charge in [0.15, 0.2) is 0 Å². The Morgan fingerprint density at radius 3 is 2.94 bits per heavy atom. The highest BCUT2D eigenvalue weighted by Crippen LogP contribution is 2.27. The molecule has 8 nitrogen and oxygen atoms in total. The van der Waals surface area contributed by atoms with E-state index in [-0.39, 0.29) is 28.7 Å². The van der Waals surface area contributed by atoms with Gasteiger partial charge >= 0.3 is 0 Å². The number of carbonyl (C=O) groups is 2. The van der Waals surface area contributed by atoms with E-state index in [0.29, 0.717) is 29.2 Å². The van der Waals surface area contributed by atoms with Crippen LogP contribution in [-0.4, -0.2) is 44.5 Å². The molecule has 180 valence electrons. The van der Waals surface area contributed by atoms with Gasteiger partial charge in [-0.25, -0.2) is 4.98 Å². The molecule has 2 amide bonds. The Hall–Kier alpha value is -2.69. The molecule has 10 heteroatoms. The van der Waals surface area contributed by atoms with Gasteiger partial charge in [0.2, 0.25) is 11.8 Å². The summed E-state index contributed by atoms with van der Waals surface area (Å²) in [6.45, 7) is 7.21. The number of primary amides is 1. The van der Waals surface area contributed by atoms with Crippen molar-refractivity contribution in [3.63, 3.8) is 0 Å². The molecular formula is C24H29N5O3S2. The molecule has 0 bridgehead atoms. The Morgan fingerprint density at radius 2 is 2.18 bits per heavy atom. The number of benzene rings is 1. The molecule has 0 aliphatic carbocycles. The molecule has 34 heavy (non-hydrogen) atoms. The van der Waals surface area contributed by atoms with Gasteiger partial charge < -0.3 is 16.0 Å². The highest BCUT2D eigenvalue weighted by Gasteiger charge is 2.28. The molecular weight excluding hydrogens is 470 g/mol. The number of thiophene rings is 1. The topological polar surface area (TPSA) is 121 Å². The maximum absolute atomic E-state index is 12.8. The Morgan fingerprint density at radius 1 is 1.38 bits per heavy atom. The predicted octanol–water partition coefficient (Wildman–Crippen LogP) is 3.31. The van der Waals surface area contributed by atoms with Crippen LogP contribution in [0.4, 0.5) is 5.69 Å². The largest absolute Gasteiger partial charge is 0.368 e. The van der Waals surface area contributed by atoms with Crippen molar-refractivity contribution in [2.45, 2.75) is 57.2 Å². The summed E-state index contributed by atoms with van der Waals surface area (Å²) >= 11 is 2.93. The van der Waals surface area contributed by atoms with E-state index in [1.54, 1.807) is 0 Å². The maximum Gasteiger partial charge on any atom is 0.259 e. The van der Waals surface area contributed by atoms with Gasteiger partial charge in [0.1, 0.15) is 10.7 Å². The number of anilines is 1. The number of hydrogen-bond donors (Lipinski definition) is 3. The third kappa shape index (κ3) is 5.34. The van der Waals surface area contributed by atoms with Crippen molar-refractivity contribution in [2.75, 3.05) is 11.9 Å². The molecule has 2 unspecified atom stereocenters. The maximum atomic E-state index is 12.8. The molecule has 2 atom stereocenters. The second-order valence-electron chi connectivity index (χ2n) is 8.65. The monoisotopic (exact) mass is 499 g/mol. The Kier molecular flexibility index (Phi) is 7.39. The summed E-state index contributed by atoms with van der Waals surface area (Å²) in [5.41, 5.74) is 8.09.